The summed E-state index contributed by atoms with van der Waals surface area (Å²) in [4.78, 5) is 12.1. The molecule has 0 spiro atoms. The number of hydrogen-bond donors (Lipinski definition) is 0. The molecule has 0 aliphatic rings. The van der Waals surface area contributed by atoms with E-state index in [2.05, 4.69) is 20.6 Å². The summed E-state index contributed by atoms with van der Waals surface area (Å²) in [6.07, 6.45) is 2.91. The van der Waals surface area contributed by atoms with Crippen LogP contribution in [0.2, 0.25) is 0 Å². The molecule has 0 aliphatic carbocycles. The standard InChI is InChI=1S/C12H9FN6O/c13-11-10(8-9-4-2-1-3-5-9)19(17-15-11)12(20)18-7-6-14-16-18/h1-7H,8H2. The average molecular weight is 272 g/mol. The highest BCUT2D eigenvalue weighted by molar-refractivity contribution is 5.77. The largest absolute Gasteiger partial charge is 0.372 e. The number of rotatable bonds is 2. The van der Waals surface area contributed by atoms with Gasteiger partial charge < -0.3 is 0 Å². The van der Waals surface area contributed by atoms with Gasteiger partial charge in [0.05, 0.1) is 12.4 Å². The number of carbonyl (C=O) groups excluding carboxylic acids is 1. The third kappa shape index (κ3) is 2.18. The van der Waals surface area contributed by atoms with E-state index in [-0.39, 0.29) is 12.1 Å². The van der Waals surface area contributed by atoms with Crippen LogP contribution in [-0.4, -0.2) is 36.0 Å². The van der Waals surface area contributed by atoms with Crippen LogP contribution in [0.1, 0.15) is 11.3 Å². The Balaban J connectivity index is 1.96. The molecule has 0 N–H and O–H groups in total. The lowest BCUT2D eigenvalue weighted by Gasteiger charge is -2.04. The van der Waals surface area contributed by atoms with Gasteiger partial charge in [-0.2, -0.15) is 13.8 Å². The zero-order valence-corrected chi connectivity index (χ0v) is 10.2. The Morgan fingerprint density at radius 2 is 2.00 bits per heavy atom. The van der Waals surface area contributed by atoms with Crippen LogP contribution in [0.5, 0.6) is 0 Å². The smallest absolute Gasteiger partial charge is 0.243 e. The molecule has 100 valence electrons. The second-order valence-electron chi connectivity index (χ2n) is 4.03. The highest BCUT2D eigenvalue weighted by Gasteiger charge is 2.20. The highest BCUT2D eigenvalue weighted by Crippen LogP contribution is 2.11. The number of aromatic nitrogens is 6. The summed E-state index contributed by atoms with van der Waals surface area (Å²) < 4.78 is 15.6. The van der Waals surface area contributed by atoms with Crippen LogP contribution in [0, 0.1) is 5.95 Å². The van der Waals surface area contributed by atoms with Gasteiger partial charge >= 0.3 is 6.03 Å². The molecule has 0 fully saturated rings. The molecule has 8 heteroatoms. The highest BCUT2D eigenvalue weighted by atomic mass is 19.1. The Kier molecular flexibility index (Phi) is 3.04. The van der Waals surface area contributed by atoms with Gasteiger partial charge in [-0.3, -0.25) is 0 Å². The maximum atomic E-state index is 13.7. The van der Waals surface area contributed by atoms with Gasteiger partial charge in [0, 0.05) is 6.42 Å². The second kappa shape index (κ2) is 5.00. The van der Waals surface area contributed by atoms with Gasteiger partial charge in [-0.25, -0.2) is 4.79 Å². The van der Waals surface area contributed by atoms with Gasteiger partial charge in [-0.05, 0) is 5.56 Å². The van der Waals surface area contributed by atoms with Crippen LogP contribution >= 0.6 is 0 Å². The summed E-state index contributed by atoms with van der Waals surface area (Å²) in [5.41, 5.74) is 0.929. The summed E-state index contributed by atoms with van der Waals surface area (Å²) in [6.45, 7) is 0. The topological polar surface area (TPSA) is 78.5 Å². The van der Waals surface area contributed by atoms with Gasteiger partial charge in [-0.15, -0.1) is 5.10 Å². The van der Waals surface area contributed by atoms with E-state index < -0.39 is 12.0 Å². The molecule has 20 heavy (non-hydrogen) atoms. The van der Waals surface area contributed by atoms with Crippen molar-refractivity contribution in [1.82, 2.24) is 30.0 Å². The predicted octanol–water partition coefficient (Wildman–Crippen LogP) is 1.12. The van der Waals surface area contributed by atoms with Gasteiger partial charge in [0.1, 0.15) is 5.69 Å². The van der Waals surface area contributed by atoms with Gasteiger partial charge in [-0.1, -0.05) is 45.9 Å². The fourth-order valence-corrected chi connectivity index (χ4v) is 1.78. The van der Waals surface area contributed by atoms with Crippen molar-refractivity contribution in [2.24, 2.45) is 0 Å². The summed E-state index contributed by atoms with van der Waals surface area (Å²) >= 11 is 0. The number of nitrogens with zero attached hydrogens (tertiary/aromatic N) is 6. The SMILES string of the molecule is O=C(n1ccnn1)n1nnc(F)c1Cc1ccccc1. The van der Waals surface area contributed by atoms with Crippen LogP contribution in [0.15, 0.2) is 42.7 Å². The summed E-state index contributed by atoms with van der Waals surface area (Å²) in [6, 6.07) is 8.55. The summed E-state index contributed by atoms with van der Waals surface area (Å²) in [5, 5.41) is 13.9. The maximum Gasteiger partial charge on any atom is 0.372 e. The third-order valence-electron chi connectivity index (χ3n) is 2.73. The molecule has 0 radical (unpaired) electrons. The molecule has 0 saturated carbocycles. The fourth-order valence-electron chi connectivity index (χ4n) is 1.78. The molecule has 2 heterocycles. The molecular weight excluding hydrogens is 263 g/mol. The maximum absolute atomic E-state index is 13.7. The van der Waals surface area contributed by atoms with E-state index >= 15 is 0 Å². The van der Waals surface area contributed by atoms with Crippen molar-refractivity contribution in [3.05, 3.63) is 59.9 Å². The van der Waals surface area contributed by atoms with Crippen molar-refractivity contribution < 1.29 is 9.18 Å². The molecule has 0 aliphatic heterocycles. The van der Waals surface area contributed by atoms with Crippen LogP contribution in [0.25, 0.3) is 0 Å². The first-order valence-electron chi connectivity index (χ1n) is 5.81. The summed E-state index contributed by atoms with van der Waals surface area (Å²) in [5.74, 6) is -0.776. The molecule has 0 amide bonds. The Labute approximate surface area is 112 Å². The van der Waals surface area contributed by atoms with Crippen molar-refractivity contribution in [3.63, 3.8) is 0 Å². The number of hydrogen-bond acceptors (Lipinski definition) is 5. The molecule has 0 saturated heterocycles. The van der Waals surface area contributed by atoms with Crippen molar-refractivity contribution in [2.45, 2.75) is 6.42 Å². The first-order valence-corrected chi connectivity index (χ1v) is 5.81. The van der Waals surface area contributed by atoms with Crippen molar-refractivity contribution in [3.8, 4) is 0 Å². The van der Waals surface area contributed by atoms with Crippen LogP contribution in [0.3, 0.4) is 0 Å². The molecule has 3 aromatic rings. The minimum absolute atomic E-state index is 0.0803. The van der Waals surface area contributed by atoms with Gasteiger partial charge in [0.15, 0.2) is 0 Å². The third-order valence-corrected chi connectivity index (χ3v) is 2.73. The van der Waals surface area contributed by atoms with Gasteiger partial charge in [0.25, 0.3) is 5.95 Å². The van der Waals surface area contributed by atoms with Crippen LogP contribution < -0.4 is 0 Å². The fraction of sp³-hybridized carbons (Fsp3) is 0.0833. The lowest BCUT2D eigenvalue weighted by molar-refractivity contribution is 0.236. The second-order valence-corrected chi connectivity index (χ2v) is 4.03. The van der Waals surface area contributed by atoms with Crippen molar-refractivity contribution in [1.29, 1.82) is 0 Å². The van der Waals surface area contributed by atoms with Gasteiger partial charge in [0.2, 0.25) is 0 Å². The lowest BCUT2D eigenvalue weighted by atomic mass is 10.1. The number of halogens is 1. The molecule has 1 aromatic carbocycles. The van der Waals surface area contributed by atoms with Crippen molar-refractivity contribution >= 4 is 6.03 Å². The normalized spacial score (nSPS) is 10.7. The first kappa shape index (κ1) is 12.2. The van der Waals surface area contributed by atoms with Crippen LogP contribution in [0.4, 0.5) is 9.18 Å². The quantitative estimate of drug-likeness (QED) is 0.698. The summed E-state index contributed by atoms with van der Waals surface area (Å²) in [7, 11) is 0. The molecule has 7 nitrogen and oxygen atoms in total. The van der Waals surface area contributed by atoms with E-state index in [4.69, 9.17) is 0 Å². The molecule has 0 bridgehead atoms. The molecule has 0 atom stereocenters. The molecular formula is C12H9FN6O. The first-order chi connectivity index (χ1) is 9.75. The van der Waals surface area contributed by atoms with Crippen LogP contribution in [-0.2, 0) is 6.42 Å². The van der Waals surface area contributed by atoms with Crippen molar-refractivity contribution in [2.75, 3.05) is 0 Å². The van der Waals surface area contributed by atoms with E-state index in [9.17, 15) is 9.18 Å². The van der Waals surface area contributed by atoms with E-state index in [0.29, 0.717) is 0 Å². The minimum Gasteiger partial charge on any atom is -0.243 e. The molecule has 2 aromatic heterocycles. The molecule has 0 unspecified atom stereocenters. The Morgan fingerprint density at radius 3 is 2.70 bits per heavy atom. The minimum atomic E-state index is -0.776. The Morgan fingerprint density at radius 1 is 1.20 bits per heavy atom. The predicted molar refractivity (Wildman–Crippen MR) is 65.4 cm³/mol. The van der Waals surface area contributed by atoms with E-state index in [1.165, 1.54) is 12.4 Å². The number of carbonyl (C=O) groups is 1. The Hall–Kier alpha value is -2.90. The Bertz CT molecular complexity index is 722. The lowest BCUT2D eigenvalue weighted by Crippen LogP contribution is -2.23. The zero-order chi connectivity index (χ0) is 13.9. The van der Waals surface area contributed by atoms with E-state index in [0.717, 1.165) is 14.9 Å². The van der Waals surface area contributed by atoms with E-state index in [1.807, 2.05) is 30.3 Å². The average Bonchev–Trinajstić information content (AvgIpc) is 3.11. The monoisotopic (exact) mass is 272 g/mol. The molecule has 3 rings (SSSR count). The van der Waals surface area contributed by atoms with E-state index in [1.54, 1.807) is 0 Å². The zero-order valence-electron chi connectivity index (χ0n) is 10.2. The number of benzene rings is 1.